The number of anilines is 1. The molecule has 2 heterocycles. The fourth-order valence-corrected chi connectivity index (χ4v) is 4.18. The lowest BCUT2D eigenvalue weighted by atomic mass is 10.3. The lowest BCUT2D eigenvalue weighted by Gasteiger charge is -2.34. The Bertz CT molecular complexity index is 794. The van der Waals surface area contributed by atoms with Crippen molar-refractivity contribution in [1.82, 2.24) is 9.29 Å². The average molecular weight is 356 g/mol. The van der Waals surface area contributed by atoms with E-state index in [-0.39, 0.29) is 9.92 Å². The summed E-state index contributed by atoms with van der Waals surface area (Å²) in [5, 5.41) is -0.196. The van der Waals surface area contributed by atoms with Crippen LogP contribution in [0.15, 0.2) is 47.5 Å². The molecule has 23 heavy (non-hydrogen) atoms. The van der Waals surface area contributed by atoms with Gasteiger partial charge in [-0.3, -0.25) is 0 Å². The molecule has 1 fully saturated rings. The Morgan fingerprint density at radius 3 is 2.43 bits per heavy atom. The minimum atomic E-state index is -3.67. The summed E-state index contributed by atoms with van der Waals surface area (Å²) in [5.74, 6) is 0.194. The summed E-state index contributed by atoms with van der Waals surface area (Å²) < 4.78 is 39.8. The van der Waals surface area contributed by atoms with E-state index in [4.69, 9.17) is 11.6 Å². The number of benzene rings is 1. The summed E-state index contributed by atoms with van der Waals surface area (Å²) in [6.45, 7) is 1.78. The molecule has 3 rings (SSSR count). The number of hydrogen-bond donors (Lipinski definition) is 0. The zero-order valence-electron chi connectivity index (χ0n) is 12.2. The Hall–Kier alpha value is -1.70. The summed E-state index contributed by atoms with van der Waals surface area (Å²) in [6.07, 6.45) is 1.71. The maximum absolute atomic E-state index is 13.2. The van der Waals surface area contributed by atoms with Gasteiger partial charge in [0.25, 0.3) is 0 Å². The molecule has 0 amide bonds. The van der Waals surface area contributed by atoms with Gasteiger partial charge in [-0.1, -0.05) is 17.7 Å². The predicted molar refractivity (Wildman–Crippen MR) is 86.6 cm³/mol. The average Bonchev–Trinajstić information content (AvgIpc) is 2.58. The SMILES string of the molecule is O=S(=O)(c1ccc(F)c(Cl)c1)N1CCN(c2ccccn2)CC1. The first-order valence-corrected chi connectivity index (χ1v) is 8.91. The van der Waals surface area contributed by atoms with Crippen LogP contribution >= 0.6 is 11.6 Å². The second-order valence-corrected chi connectivity index (χ2v) is 7.50. The van der Waals surface area contributed by atoms with E-state index in [2.05, 4.69) is 4.98 Å². The van der Waals surface area contributed by atoms with Crippen LogP contribution < -0.4 is 4.90 Å². The van der Waals surface area contributed by atoms with Gasteiger partial charge in [0, 0.05) is 32.4 Å². The first-order valence-electron chi connectivity index (χ1n) is 7.10. The summed E-state index contributed by atoms with van der Waals surface area (Å²) >= 11 is 5.69. The van der Waals surface area contributed by atoms with E-state index in [9.17, 15) is 12.8 Å². The van der Waals surface area contributed by atoms with Gasteiger partial charge in [0.15, 0.2) is 0 Å². The Labute approximate surface area is 139 Å². The van der Waals surface area contributed by atoms with Gasteiger partial charge in [0.1, 0.15) is 11.6 Å². The van der Waals surface area contributed by atoms with Crippen molar-refractivity contribution in [2.24, 2.45) is 0 Å². The van der Waals surface area contributed by atoms with Crippen molar-refractivity contribution in [3.63, 3.8) is 0 Å². The van der Waals surface area contributed by atoms with Gasteiger partial charge in [0.2, 0.25) is 10.0 Å². The topological polar surface area (TPSA) is 53.5 Å². The quantitative estimate of drug-likeness (QED) is 0.848. The van der Waals surface area contributed by atoms with Crippen molar-refractivity contribution >= 4 is 27.4 Å². The number of rotatable bonds is 3. The van der Waals surface area contributed by atoms with Crippen molar-refractivity contribution in [2.75, 3.05) is 31.1 Å². The number of sulfonamides is 1. The number of aromatic nitrogens is 1. The second kappa shape index (κ2) is 6.43. The first kappa shape index (κ1) is 16.2. The van der Waals surface area contributed by atoms with Gasteiger partial charge >= 0.3 is 0 Å². The van der Waals surface area contributed by atoms with Gasteiger partial charge in [-0.15, -0.1) is 0 Å². The molecule has 5 nitrogen and oxygen atoms in total. The third kappa shape index (κ3) is 3.31. The fourth-order valence-electron chi connectivity index (χ4n) is 2.48. The van der Waals surface area contributed by atoms with E-state index in [1.165, 1.54) is 10.4 Å². The van der Waals surface area contributed by atoms with E-state index in [1.54, 1.807) is 6.20 Å². The number of piperazine rings is 1. The standard InChI is InChI=1S/C15H15ClFN3O2S/c16-13-11-12(4-5-14(13)17)23(21,22)20-9-7-19(8-10-20)15-3-1-2-6-18-15/h1-6,11H,7-10H2. The lowest BCUT2D eigenvalue weighted by Crippen LogP contribution is -2.48. The highest BCUT2D eigenvalue weighted by atomic mass is 35.5. The van der Waals surface area contributed by atoms with Crippen LogP contribution in [0.4, 0.5) is 10.2 Å². The van der Waals surface area contributed by atoms with Crippen molar-refractivity contribution in [3.05, 3.63) is 53.4 Å². The van der Waals surface area contributed by atoms with Crippen LogP contribution in [-0.4, -0.2) is 43.9 Å². The number of hydrogen-bond acceptors (Lipinski definition) is 4. The normalized spacial score (nSPS) is 16.5. The molecule has 2 aromatic rings. The summed E-state index contributed by atoms with van der Waals surface area (Å²) in [6, 6.07) is 9.08. The van der Waals surface area contributed by atoms with Crippen LogP contribution in [0, 0.1) is 5.82 Å². The second-order valence-electron chi connectivity index (χ2n) is 5.15. The molecule has 0 N–H and O–H groups in total. The van der Waals surface area contributed by atoms with Gasteiger partial charge < -0.3 is 4.90 Å². The molecule has 0 saturated carbocycles. The zero-order valence-corrected chi connectivity index (χ0v) is 13.8. The molecule has 0 radical (unpaired) electrons. The molecule has 0 atom stereocenters. The van der Waals surface area contributed by atoms with E-state index >= 15 is 0 Å². The molecule has 122 valence electrons. The summed E-state index contributed by atoms with van der Waals surface area (Å²) in [7, 11) is -3.67. The highest BCUT2D eigenvalue weighted by Crippen LogP contribution is 2.24. The minimum absolute atomic E-state index is 0.00943. The van der Waals surface area contributed by atoms with Gasteiger partial charge in [0.05, 0.1) is 9.92 Å². The van der Waals surface area contributed by atoms with Gasteiger partial charge in [-0.05, 0) is 30.3 Å². The van der Waals surface area contributed by atoms with E-state index in [0.717, 1.165) is 18.0 Å². The Kier molecular flexibility index (Phi) is 4.52. The number of halogens is 2. The largest absolute Gasteiger partial charge is 0.354 e. The molecule has 8 heteroatoms. The van der Waals surface area contributed by atoms with E-state index < -0.39 is 15.8 Å². The third-order valence-corrected chi connectivity index (χ3v) is 5.93. The molecule has 0 bridgehead atoms. The highest BCUT2D eigenvalue weighted by molar-refractivity contribution is 7.89. The van der Waals surface area contributed by atoms with Crippen molar-refractivity contribution in [3.8, 4) is 0 Å². The number of nitrogens with zero attached hydrogens (tertiary/aromatic N) is 3. The van der Waals surface area contributed by atoms with Gasteiger partial charge in [-0.2, -0.15) is 4.31 Å². The van der Waals surface area contributed by atoms with Crippen molar-refractivity contribution in [2.45, 2.75) is 4.90 Å². The Morgan fingerprint density at radius 1 is 1.09 bits per heavy atom. The van der Waals surface area contributed by atoms with Crippen LogP contribution in [0.1, 0.15) is 0 Å². The molecule has 0 unspecified atom stereocenters. The van der Waals surface area contributed by atoms with Crippen LogP contribution in [0.5, 0.6) is 0 Å². The van der Waals surface area contributed by atoms with Crippen LogP contribution in [0.3, 0.4) is 0 Å². The zero-order chi connectivity index (χ0) is 16.4. The first-order chi connectivity index (χ1) is 11.0. The van der Waals surface area contributed by atoms with Crippen LogP contribution in [0.2, 0.25) is 5.02 Å². The Balaban J connectivity index is 1.75. The molecule has 1 aromatic heterocycles. The monoisotopic (exact) mass is 355 g/mol. The summed E-state index contributed by atoms with van der Waals surface area (Å²) in [4.78, 5) is 6.31. The Morgan fingerprint density at radius 2 is 1.83 bits per heavy atom. The number of pyridine rings is 1. The van der Waals surface area contributed by atoms with Crippen LogP contribution in [-0.2, 0) is 10.0 Å². The van der Waals surface area contributed by atoms with Crippen molar-refractivity contribution < 1.29 is 12.8 Å². The third-order valence-electron chi connectivity index (χ3n) is 3.74. The maximum atomic E-state index is 13.2. The molecule has 1 aliphatic rings. The minimum Gasteiger partial charge on any atom is -0.354 e. The highest BCUT2D eigenvalue weighted by Gasteiger charge is 2.29. The molecule has 1 aliphatic heterocycles. The molecule has 0 aliphatic carbocycles. The van der Waals surface area contributed by atoms with E-state index in [1.807, 2.05) is 23.1 Å². The van der Waals surface area contributed by atoms with Gasteiger partial charge in [-0.25, -0.2) is 17.8 Å². The van der Waals surface area contributed by atoms with E-state index in [0.29, 0.717) is 26.2 Å². The smallest absolute Gasteiger partial charge is 0.243 e. The lowest BCUT2D eigenvalue weighted by molar-refractivity contribution is 0.384. The maximum Gasteiger partial charge on any atom is 0.243 e. The predicted octanol–water partition coefficient (Wildman–Crippen LogP) is 2.39. The molecule has 1 saturated heterocycles. The summed E-state index contributed by atoms with van der Waals surface area (Å²) in [5.41, 5.74) is 0. The molecule has 1 aromatic carbocycles. The molecular formula is C15H15ClFN3O2S. The molecule has 0 spiro atoms. The van der Waals surface area contributed by atoms with Crippen LogP contribution in [0.25, 0.3) is 0 Å². The fraction of sp³-hybridized carbons (Fsp3) is 0.267. The molecular weight excluding hydrogens is 341 g/mol. The van der Waals surface area contributed by atoms with Crippen molar-refractivity contribution in [1.29, 1.82) is 0 Å².